The Hall–Kier alpha value is -0.730. The third-order valence-corrected chi connectivity index (χ3v) is 1.68. The molecule has 10 heavy (non-hydrogen) atoms. The molecule has 0 atom stereocenters. The van der Waals surface area contributed by atoms with Crippen molar-refractivity contribution in [3.63, 3.8) is 0 Å². The highest BCUT2D eigenvalue weighted by molar-refractivity contribution is 7.29. The van der Waals surface area contributed by atoms with Crippen molar-refractivity contribution in [3.8, 4) is 0 Å². The molecule has 0 rings (SSSR count). The van der Waals surface area contributed by atoms with E-state index < -0.39 is 5.97 Å². The molecule has 0 aliphatic carbocycles. The molecule has 0 radical (unpaired) electrons. The van der Waals surface area contributed by atoms with Crippen molar-refractivity contribution >= 4 is 14.4 Å². The molecule has 4 nitrogen and oxygen atoms in total. The van der Waals surface area contributed by atoms with Gasteiger partial charge in [0.15, 0.2) is 8.46 Å². The Bertz CT molecular complexity index is 184. The smallest absolute Gasteiger partial charge is 0.296 e. The summed E-state index contributed by atoms with van der Waals surface area (Å²) in [5.74, 6) is -0.874. The van der Waals surface area contributed by atoms with Crippen molar-refractivity contribution in [2.45, 2.75) is 13.8 Å². The second kappa shape index (κ2) is 4.14. The second-order valence-corrected chi connectivity index (χ2v) is 2.53. The minimum Gasteiger partial charge on any atom is -0.296 e. The predicted molar refractivity (Wildman–Crippen MR) is 34.7 cm³/mol. The Labute approximate surface area is 59.6 Å². The summed E-state index contributed by atoms with van der Waals surface area (Å²) in [6.45, 7) is 2.92. The Kier molecular flexibility index (Phi) is 3.84. The monoisotopic (exact) mass is 162 g/mol. The van der Waals surface area contributed by atoms with Crippen molar-refractivity contribution < 1.29 is 19.5 Å². The van der Waals surface area contributed by atoms with Crippen LogP contribution in [-0.4, -0.2) is 11.2 Å². The van der Waals surface area contributed by atoms with Crippen LogP contribution in [0.5, 0.6) is 0 Å². The van der Waals surface area contributed by atoms with E-state index in [0.29, 0.717) is 5.31 Å². The number of hydrogen-bond donors (Lipinski definition) is 1. The van der Waals surface area contributed by atoms with E-state index in [2.05, 4.69) is 4.89 Å². The van der Waals surface area contributed by atoms with Gasteiger partial charge in [-0.05, 0) is 13.8 Å². The van der Waals surface area contributed by atoms with Crippen LogP contribution in [-0.2, 0) is 14.2 Å². The van der Waals surface area contributed by atoms with Crippen LogP contribution in [0.3, 0.4) is 0 Å². The fraction of sp³-hybridized carbons (Fsp3) is 0.400. The SMILES string of the molecule is CC(P=O)=C(C)C(=O)OO. The van der Waals surface area contributed by atoms with E-state index in [1.54, 1.807) is 0 Å². The van der Waals surface area contributed by atoms with Gasteiger partial charge in [-0.1, -0.05) is 0 Å². The third-order valence-electron chi connectivity index (χ3n) is 1.07. The van der Waals surface area contributed by atoms with Gasteiger partial charge in [-0.15, -0.1) is 0 Å². The van der Waals surface area contributed by atoms with Crippen LogP contribution in [0.1, 0.15) is 13.8 Å². The van der Waals surface area contributed by atoms with Crippen LogP contribution >= 0.6 is 8.46 Å². The van der Waals surface area contributed by atoms with Crippen molar-refractivity contribution in [2.24, 2.45) is 0 Å². The molecule has 0 unspecified atom stereocenters. The van der Waals surface area contributed by atoms with Crippen LogP contribution in [0.2, 0.25) is 0 Å². The molecule has 0 aliphatic rings. The zero-order valence-corrected chi connectivity index (χ0v) is 6.51. The number of carbonyl (C=O) groups is 1. The highest BCUT2D eigenvalue weighted by Crippen LogP contribution is 2.15. The fourth-order valence-corrected chi connectivity index (χ4v) is 0.513. The van der Waals surface area contributed by atoms with E-state index >= 15 is 0 Å². The number of hydrogen-bond acceptors (Lipinski definition) is 4. The molecule has 0 fully saturated rings. The van der Waals surface area contributed by atoms with Gasteiger partial charge in [-0.25, -0.2) is 4.79 Å². The lowest BCUT2D eigenvalue weighted by atomic mass is 10.3. The van der Waals surface area contributed by atoms with Crippen LogP contribution in [0.25, 0.3) is 0 Å². The van der Waals surface area contributed by atoms with Crippen LogP contribution in [0.15, 0.2) is 10.9 Å². The van der Waals surface area contributed by atoms with Gasteiger partial charge in [0.1, 0.15) is 0 Å². The van der Waals surface area contributed by atoms with Gasteiger partial charge < -0.3 is 0 Å². The van der Waals surface area contributed by atoms with Crippen LogP contribution in [0, 0.1) is 0 Å². The first-order valence-electron chi connectivity index (χ1n) is 2.50. The molecule has 56 valence electrons. The first-order chi connectivity index (χ1) is 4.63. The van der Waals surface area contributed by atoms with Gasteiger partial charge in [0.25, 0.3) is 0 Å². The molecule has 0 spiro atoms. The largest absolute Gasteiger partial charge is 0.369 e. The maximum absolute atomic E-state index is 10.4. The fourth-order valence-electron chi connectivity index (χ4n) is 0.285. The van der Waals surface area contributed by atoms with E-state index in [1.807, 2.05) is 0 Å². The Morgan fingerprint density at radius 2 is 2.00 bits per heavy atom. The molecular weight excluding hydrogens is 155 g/mol. The van der Waals surface area contributed by atoms with E-state index in [9.17, 15) is 9.36 Å². The van der Waals surface area contributed by atoms with E-state index in [4.69, 9.17) is 5.26 Å². The maximum atomic E-state index is 10.4. The summed E-state index contributed by atoms with van der Waals surface area (Å²) >= 11 is 0. The Morgan fingerprint density at radius 3 is 2.30 bits per heavy atom. The molecule has 1 N–H and O–H groups in total. The molecule has 0 saturated heterocycles. The first kappa shape index (κ1) is 9.27. The summed E-state index contributed by atoms with van der Waals surface area (Å²) in [5.41, 5.74) is 0.152. The summed E-state index contributed by atoms with van der Waals surface area (Å²) in [7, 11) is -0.240. The zero-order valence-electron chi connectivity index (χ0n) is 5.62. The third kappa shape index (κ3) is 2.25. The lowest BCUT2D eigenvalue weighted by molar-refractivity contribution is -0.229. The highest BCUT2D eigenvalue weighted by atomic mass is 31.1. The molecule has 5 heteroatoms. The van der Waals surface area contributed by atoms with Gasteiger partial charge in [0.05, 0.1) is 0 Å². The summed E-state index contributed by atoms with van der Waals surface area (Å²) in [6.07, 6.45) is 0. The van der Waals surface area contributed by atoms with Crippen molar-refractivity contribution in [3.05, 3.63) is 10.9 Å². The van der Waals surface area contributed by atoms with Crippen LogP contribution < -0.4 is 0 Å². The highest BCUT2D eigenvalue weighted by Gasteiger charge is 2.08. The van der Waals surface area contributed by atoms with E-state index in [1.165, 1.54) is 13.8 Å². The minimum absolute atomic E-state index is 0.152. The molecular formula is C5H7O4P. The summed E-state index contributed by atoms with van der Waals surface area (Å²) < 4.78 is 10.1. The molecule has 0 saturated carbocycles. The lowest BCUT2D eigenvalue weighted by Gasteiger charge is -1.94. The van der Waals surface area contributed by atoms with Crippen molar-refractivity contribution in [2.75, 3.05) is 0 Å². The van der Waals surface area contributed by atoms with Crippen molar-refractivity contribution in [1.29, 1.82) is 0 Å². The molecule has 0 bridgehead atoms. The molecule has 0 amide bonds. The molecule has 0 heterocycles. The van der Waals surface area contributed by atoms with Crippen LogP contribution in [0.4, 0.5) is 0 Å². The average Bonchev–Trinajstić information content (AvgIpc) is 2.00. The molecule has 0 aromatic rings. The second-order valence-electron chi connectivity index (χ2n) is 1.68. The normalized spacial score (nSPS) is 12.7. The lowest BCUT2D eigenvalue weighted by Crippen LogP contribution is -2.02. The minimum atomic E-state index is -0.874. The van der Waals surface area contributed by atoms with E-state index in [0.717, 1.165) is 0 Å². The van der Waals surface area contributed by atoms with Gasteiger partial charge in [0, 0.05) is 10.9 Å². The van der Waals surface area contributed by atoms with Gasteiger partial charge in [-0.3, -0.25) is 9.45 Å². The Morgan fingerprint density at radius 1 is 1.50 bits per heavy atom. The van der Waals surface area contributed by atoms with Crippen molar-refractivity contribution in [1.82, 2.24) is 0 Å². The molecule has 0 aromatic heterocycles. The molecule has 0 aromatic carbocycles. The summed E-state index contributed by atoms with van der Waals surface area (Å²) in [5, 5.41) is 8.21. The number of rotatable bonds is 2. The Balaban J connectivity index is 4.45. The quantitative estimate of drug-likeness (QED) is 0.290. The molecule has 0 aliphatic heterocycles. The summed E-state index contributed by atoms with van der Waals surface area (Å²) in [4.78, 5) is 13.8. The standard InChI is InChI=1S/C5H7O4P/c1-3(4(2)10-8)5(6)9-7/h7H,1-2H3. The first-order valence-corrected chi connectivity index (χ1v) is 3.31. The maximum Gasteiger partial charge on any atom is 0.369 e. The zero-order chi connectivity index (χ0) is 8.15. The summed E-state index contributed by atoms with van der Waals surface area (Å²) in [6, 6.07) is 0. The number of carbonyl (C=O) groups excluding carboxylic acids is 1. The van der Waals surface area contributed by atoms with E-state index in [-0.39, 0.29) is 14.0 Å². The van der Waals surface area contributed by atoms with Gasteiger partial charge in [0.2, 0.25) is 0 Å². The number of allylic oxidation sites excluding steroid dienone is 1. The average molecular weight is 162 g/mol. The van der Waals surface area contributed by atoms with Gasteiger partial charge >= 0.3 is 5.97 Å². The topological polar surface area (TPSA) is 63.6 Å². The predicted octanol–water partition coefficient (Wildman–Crippen LogP) is 1.59. The van der Waals surface area contributed by atoms with Gasteiger partial charge in [-0.2, -0.15) is 5.26 Å².